The molecule has 1 heterocycles. The molecule has 37 heavy (non-hydrogen) atoms. The maximum absolute atomic E-state index is 13.5. The number of halogens is 1. The SMILES string of the molecule is COc1ccc(N2C(=O)C(=O)/C(=C(/O)c3cc(Cl)ccc3OC)C2c2ccc(N(C)C)cc2)cc1OC. The van der Waals surface area contributed by atoms with Crippen molar-refractivity contribution in [3.8, 4) is 17.2 Å². The molecular weight excluding hydrogens is 496 g/mol. The van der Waals surface area contributed by atoms with Crippen LogP contribution in [0.2, 0.25) is 5.02 Å². The predicted octanol–water partition coefficient (Wildman–Crippen LogP) is 5.06. The molecule has 1 amide bonds. The summed E-state index contributed by atoms with van der Waals surface area (Å²) in [4.78, 5) is 30.2. The van der Waals surface area contributed by atoms with Crippen LogP contribution in [0.5, 0.6) is 17.2 Å². The smallest absolute Gasteiger partial charge is 0.300 e. The van der Waals surface area contributed by atoms with Gasteiger partial charge in [0.1, 0.15) is 11.5 Å². The van der Waals surface area contributed by atoms with E-state index >= 15 is 0 Å². The van der Waals surface area contributed by atoms with Crippen molar-refractivity contribution in [3.63, 3.8) is 0 Å². The Labute approximate surface area is 220 Å². The van der Waals surface area contributed by atoms with Crippen LogP contribution in [0, 0.1) is 0 Å². The highest BCUT2D eigenvalue weighted by molar-refractivity contribution is 6.51. The number of Topliss-reactive ketones (excluding diaryl/α,β-unsaturated/α-hetero) is 1. The second-order valence-electron chi connectivity index (χ2n) is 8.54. The molecule has 4 rings (SSSR count). The van der Waals surface area contributed by atoms with Crippen LogP contribution in [0.15, 0.2) is 66.2 Å². The molecule has 1 saturated heterocycles. The maximum Gasteiger partial charge on any atom is 0.300 e. The van der Waals surface area contributed by atoms with Gasteiger partial charge in [0.05, 0.1) is 38.5 Å². The third kappa shape index (κ3) is 4.68. The number of carbonyl (C=O) groups excluding carboxylic acids is 2. The van der Waals surface area contributed by atoms with E-state index in [9.17, 15) is 14.7 Å². The fourth-order valence-electron chi connectivity index (χ4n) is 4.35. The van der Waals surface area contributed by atoms with Crippen molar-refractivity contribution in [3.05, 3.63) is 82.4 Å². The Balaban J connectivity index is 1.98. The minimum absolute atomic E-state index is 0.0852. The molecule has 1 unspecified atom stereocenters. The van der Waals surface area contributed by atoms with E-state index in [1.807, 2.05) is 43.3 Å². The third-order valence-electron chi connectivity index (χ3n) is 6.23. The van der Waals surface area contributed by atoms with Crippen LogP contribution in [0.25, 0.3) is 5.76 Å². The van der Waals surface area contributed by atoms with Crippen LogP contribution >= 0.6 is 11.6 Å². The van der Waals surface area contributed by atoms with Crippen LogP contribution in [0.4, 0.5) is 11.4 Å². The van der Waals surface area contributed by atoms with Gasteiger partial charge < -0.3 is 24.2 Å². The quantitative estimate of drug-likeness (QED) is 0.263. The molecule has 192 valence electrons. The molecule has 1 atom stereocenters. The highest BCUT2D eigenvalue weighted by Crippen LogP contribution is 2.45. The summed E-state index contributed by atoms with van der Waals surface area (Å²) in [5.74, 6) is -0.853. The van der Waals surface area contributed by atoms with Crippen molar-refractivity contribution in [2.45, 2.75) is 6.04 Å². The van der Waals surface area contributed by atoms with Crippen LogP contribution in [-0.4, -0.2) is 52.2 Å². The van der Waals surface area contributed by atoms with Gasteiger partial charge >= 0.3 is 0 Å². The summed E-state index contributed by atoms with van der Waals surface area (Å²) in [5, 5.41) is 11.8. The molecular formula is C28H27ClN2O6. The van der Waals surface area contributed by atoms with Crippen molar-refractivity contribution in [1.82, 2.24) is 0 Å². The summed E-state index contributed by atoms with van der Waals surface area (Å²) < 4.78 is 16.1. The van der Waals surface area contributed by atoms with Gasteiger partial charge in [-0.05, 0) is 48.0 Å². The number of benzene rings is 3. The number of ketones is 1. The molecule has 3 aromatic carbocycles. The van der Waals surface area contributed by atoms with Crippen molar-refractivity contribution in [1.29, 1.82) is 0 Å². The van der Waals surface area contributed by atoms with Crippen LogP contribution in [0.3, 0.4) is 0 Å². The zero-order valence-electron chi connectivity index (χ0n) is 21.1. The first-order chi connectivity index (χ1) is 17.7. The van der Waals surface area contributed by atoms with Gasteiger partial charge in [-0.3, -0.25) is 14.5 Å². The Bertz CT molecular complexity index is 1380. The molecule has 1 aliphatic heterocycles. The average Bonchev–Trinajstić information content (AvgIpc) is 3.17. The highest BCUT2D eigenvalue weighted by atomic mass is 35.5. The minimum Gasteiger partial charge on any atom is -0.507 e. The monoisotopic (exact) mass is 522 g/mol. The predicted molar refractivity (Wildman–Crippen MR) is 143 cm³/mol. The zero-order chi connectivity index (χ0) is 26.9. The maximum atomic E-state index is 13.5. The van der Waals surface area contributed by atoms with Gasteiger partial charge in [-0.15, -0.1) is 0 Å². The molecule has 0 radical (unpaired) electrons. The molecule has 8 nitrogen and oxygen atoms in total. The lowest BCUT2D eigenvalue weighted by Gasteiger charge is -2.26. The standard InChI is InChI=1S/C28H27ClN2O6/c1-30(2)18-9-6-16(7-10-18)25-24(26(32)20-14-17(29)8-12-21(20)35-3)27(33)28(34)31(25)19-11-13-22(36-4)23(15-19)37-5/h6-15,25,32H,1-5H3/b26-24+. The Morgan fingerprint density at radius 3 is 2.08 bits per heavy atom. The lowest BCUT2D eigenvalue weighted by Crippen LogP contribution is -2.29. The fraction of sp³-hybridized carbons (Fsp3) is 0.214. The zero-order valence-corrected chi connectivity index (χ0v) is 21.9. The third-order valence-corrected chi connectivity index (χ3v) is 6.47. The minimum atomic E-state index is -0.932. The number of hydrogen-bond acceptors (Lipinski definition) is 7. The molecule has 0 saturated carbocycles. The lowest BCUT2D eigenvalue weighted by atomic mass is 9.94. The van der Waals surface area contributed by atoms with Gasteiger partial charge in [0.2, 0.25) is 0 Å². The first kappa shape index (κ1) is 25.9. The van der Waals surface area contributed by atoms with Gasteiger partial charge in [0.15, 0.2) is 11.5 Å². The number of carbonyl (C=O) groups is 2. The van der Waals surface area contributed by atoms with Gasteiger partial charge in [0, 0.05) is 36.6 Å². The molecule has 1 fully saturated rings. The summed E-state index contributed by atoms with van der Waals surface area (Å²) in [6, 6.07) is 16.1. The highest BCUT2D eigenvalue weighted by Gasteiger charge is 2.47. The summed E-state index contributed by atoms with van der Waals surface area (Å²) in [6.45, 7) is 0. The number of amides is 1. The molecule has 9 heteroatoms. The van der Waals surface area contributed by atoms with Crippen LogP contribution in [-0.2, 0) is 9.59 Å². The van der Waals surface area contributed by atoms with E-state index in [4.69, 9.17) is 25.8 Å². The summed E-state index contributed by atoms with van der Waals surface area (Å²) >= 11 is 6.19. The van der Waals surface area contributed by atoms with Crippen molar-refractivity contribution < 1.29 is 28.9 Å². The number of ether oxygens (including phenoxy) is 3. The van der Waals surface area contributed by atoms with Crippen molar-refractivity contribution >= 4 is 40.4 Å². The molecule has 1 N–H and O–H groups in total. The molecule has 3 aromatic rings. The Morgan fingerprint density at radius 1 is 0.865 bits per heavy atom. The van der Waals surface area contributed by atoms with E-state index in [1.54, 1.807) is 30.3 Å². The van der Waals surface area contributed by atoms with E-state index < -0.39 is 17.7 Å². The molecule has 1 aliphatic rings. The molecule has 0 aromatic heterocycles. The van der Waals surface area contributed by atoms with E-state index in [0.717, 1.165) is 5.69 Å². The number of aliphatic hydroxyl groups is 1. The molecule has 0 spiro atoms. The number of aliphatic hydroxyl groups excluding tert-OH is 1. The summed E-state index contributed by atoms with van der Waals surface area (Å²) in [6.07, 6.45) is 0. The number of hydrogen-bond donors (Lipinski definition) is 1. The van der Waals surface area contributed by atoms with E-state index in [0.29, 0.717) is 33.5 Å². The number of rotatable bonds is 7. The Hall–Kier alpha value is -4.17. The Morgan fingerprint density at radius 2 is 1.49 bits per heavy atom. The molecule has 0 aliphatic carbocycles. The normalized spacial score (nSPS) is 16.6. The second kappa shape index (κ2) is 10.4. The average molecular weight is 523 g/mol. The lowest BCUT2D eigenvalue weighted by molar-refractivity contribution is -0.132. The van der Waals surface area contributed by atoms with Gasteiger partial charge in [-0.2, -0.15) is 0 Å². The molecule has 0 bridgehead atoms. The van der Waals surface area contributed by atoms with Gasteiger partial charge in [-0.1, -0.05) is 23.7 Å². The van der Waals surface area contributed by atoms with Crippen LogP contribution in [0.1, 0.15) is 17.2 Å². The summed E-state index contributed by atoms with van der Waals surface area (Å²) in [5.41, 5.74) is 2.08. The van der Waals surface area contributed by atoms with Crippen molar-refractivity contribution in [2.75, 3.05) is 45.2 Å². The summed E-state index contributed by atoms with van der Waals surface area (Å²) in [7, 11) is 8.26. The van der Waals surface area contributed by atoms with Gasteiger partial charge in [0.25, 0.3) is 11.7 Å². The van der Waals surface area contributed by atoms with E-state index in [2.05, 4.69) is 0 Å². The number of methoxy groups -OCH3 is 3. The van der Waals surface area contributed by atoms with Crippen molar-refractivity contribution in [2.24, 2.45) is 0 Å². The topological polar surface area (TPSA) is 88.5 Å². The van der Waals surface area contributed by atoms with Crippen LogP contribution < -0.4 is 24.0 Å². The second-order valence-corrected chi connectivity index (χ2v) is 8.98. The number of anilines is 2. The number of nitrogens with zero attached hydrogens (tertiary/aromatic N) is 2. The van der Waals surface area contributed by atoms with E-state index in [-0.39, 0.29) is 16.9 Å². The largest absolute Gasteiger partial charge is 0.507 e. The first-order valence-corrected chi connectivity index (χ1v) is 11.7. The first-order valence-electron chi connectivity index (χ1n) is 11.4. The fourth-order valence-corrected chi connectivity index (χ4v) is 4.53. The van der Waals surface area contributed by atoms with Gasteiger partial charge in [-0.25, -0.2) is 0 Å². The Kier molecular flexibility index (Phi) is 7.31. The van der Waals surface area contributed by atoms with E-state index in [1.165, 1.54) is 32.3 Å².